The molecule has 0 aliphatic carbocycles. The molecule has 0 saturated heterocycles. The number of ether oxygens (including phenoxy) is 2. The minimum absolute atomic E-state index is 0.107. The first-order valence-corrected chi connectivity index (χ1v) is 20.3. The van der Waals surface area contributed by atoms with Gasteiger partial charge in [-0.25, -0.2) is 5.26 Å². The van der Waals surface area contributed by atoms with E-state index in [1.165, 1.54) is 22.3 Å². The van der Waals surface area contributed by atoms with Crippen LogP contribution in [0.2, 0.25) is 0 Å². The highest BCUT2D eigenvalue weighted by atomic mass is 32.2. The maximum absolute atomic E-state index is 13.5. The normalized spacial score (nSPS) is 11.6. The number of rotatable bonds is 15. The monoisotopic (exact) mass is 814 g/mol. The highest BCUT2D eigenvalue weighted by molar-refractivity contribution is 7.94. The molecule has 60 heavy (non-hydrogen) atoms. The predicted molar refractivity (Wildman–Crippen MR) is 237 cm³/mol. The maximum Gasteiger partial charge on any atom is 0.193 e. The lowest BCUT2D eigenvalue weighted by Gasteiger charge is -2.31. The smallest absolute Gasteiger partial charge is 0.193 e. The van der Waals surface area contributed by atoms with Crippen LogP contribution in [-0.2, 0) is 20.2 Å². The number of ketones is 2. The van der Waals surface area contributed by atoms with Crippen LogP contribution in [0.15, 0.2) is 169 Å². The first kappa shape index (κ1) is 41.9. The zero-order chi connectivity index (χ0) is 42.4. The van der Waals surface area contributed by atoms with Crippen molar-refractivity contribution in [1.82, 2.24) is 0 Å². The highest BCUT2D eigenvalue weighted by Gasteiger charge is 2.28. The van der Waals surface area contributed by atoms with E-state index in [-0.39, 0.29) is 22.4 Å². The van der Waals surface area contributed by atoms with Gasteiger partial charge in [0.25, 0.3) is 0 Å². The summed E-state index contributed by atoms with van der Waals surface area (Å²) in [6, 6.07) is 52.5. The van der Waals surface area contributed by atoms with E-state index in [0.717, 1.165) is 34.5 Å². The van der Waals surface area contributed by atoms with E-state index in [1.54, 1.807) is 55.6 Å². The lowest BCUT2D eigenvalue weighted by Crippen LogP contribution is -2.22. The van der Waals surface area contributed by atoms with Gasteiger partial charge in [-0.3, -0.25) is 9.59 Å². The van der Waals surface area contributed by atoms with Crippen LogP contribution < -0.4 is 9.47 Å². The van der Waals surface area contributed by atoms with Crippen LogP contribution in [-0.4, -0.2) is 23.9 Å². The van der Waals surface area contributed by atoms with Gasteiger partial charge in [0.2, 0.25) is 0 Å². The summed E-state index contributed by atoms with van der Waals surface area (Å²) in [5.74, 6) is 1.92. The third-order valence-corrected chi connectivity index (χ3v) is 11.8. The topological polar surface area (TPSA) is 91.3 Å². The molecule has 0 radical (unpaired) electrons. The standard InChI is InChI=1S/C52H46O7S/c1-34-13-14-38(32-48(34)50(54)39-9-7-12-47(31-39)60-59-58-55)35-15-17-36(18-16-35)49(53)37-19-25-45(26-20-37)57-46-29-23-41(24-30-46)52(4,5)43-11-8-10-42(33-43)51(2,3)40-21-27-44(56-6)28-22-40/h7-33,55H,1-6H3. The largest absolute Gasteiger partial charge is 0.497 e. The van der Waals surface area contributed by atoms with Gasteiger partial charge in [0, 0.05) is 38.0 Å². The van der Waals surface area contributed by atoms with E-state index < -0.39 is 0 Å². The molecule has 0 spiro atoms. The number of carbonyl (C=O) groups excluding carboxylic acids is 2. The first-order chi connectivity index (χ1) is 28.9. The summed E-state index contributed by atoms with van der Waals surface area (Å²) in [5, 5.41) is 12.2. The van der Waals surface area contributed by atoms with Crippen LogP contribution in [0.3, 0.4) is 0 Å². The molecular weight excluding hydrogens is 769 g/mol. The summed E-state index contributed by atoms with van der Waals surface area (Å²) in [6.07, 6.45) is 0. The van der Waals surface area contributed by atoms with Gasteiger partial charge in [-0.05, 0) is 113 Å². The first-order valence-electron chi connectivity index (χ1n) is 19.6. The van der Waals surface area contributed by atoms with E-state index in [0.29, 0.717) is 38.6 Å². The Bertz CT molecular complexity index is 2610. The Balaban J connectivity index is 0.995. The maximum atomic E-state index is 13.5. The van der Waals surface area contributed by atoms with Gasteiger partial charge in [-0.1, -0.05) is 130 Å². The number of hydrogen-bond donors (Lipinski definition) is 1. The molecule has 0 aromatic heterocycles. The molecule has 7 aromatic rings. The Morgan fingerprint density at radius 1 is 0.517 bits per heavy atom. The zero-order valence-electron chi connectivity index (χ0n) is 34.4. The van der Waals surface area contributed by atoms with E-state index in [2.05, 4.69) is 85.6 Å². The van der Waals surface area contributed by atoms with Crippen molar-refractivity contribution in [2.24, 2.45) is 0 Å². The van der Waals surface area contributed by atoms with Crippen LogP contribution >= 0.6 is 12.0 Å². The summed E-state index contributed by atoms with van der Waals surface area (Å²) in [7, 11) is 1.68. The zero-order valence-corrected chi connectivity index (χ0v) is 35.2. The van der Waals surface area contributed by atoms with Gasteiger partial charge in [-0.15, -0.1) is 4.33 Å². The fourth-order valence-electron chi connectivity index (χ4n) is 7.31. The quantitative estimate of drug-likeness (QED) is 0.0473. The molecule has 0 aliphatic rings. The van der Waals surface area contributed by atoms with Crippen molar-refractivity contribution in [2.75, 3.05) is 7.11 Å². The molecule has 0 atom stereocenters. The molecule has 0 bridgehead atoms. The Kier molecular flexibility index (Phi) is 12.5. The molecule has 7 nitrogen and oxygen atoms in total. The van der Waals surface area contributed by atoms with Crippen molar-refractivity contribution in [3.8, 4) is 28.4 Å². The Labute approximate surface area is 355 Å². The van der Waals surface area contributed by atoms with Crippen molar-refractivity contribution >= 4 is 23.6 Å². The molecule has 7 aromatic carbocycles. The summed E-state index contributed by atoms with van der Waals surface area (Å²) < 4.78 is 16.1. The average molecular weight is 815 g/mol. The minimum Gasteiger partial charge on any atom is -0.497 e. The molecule has 7 rings (SSSR count). The van der Waals surface area contributed by atoms with Crippen LogP contribution in [0.25, 0.3) is 11.1 Å². The van der Waals surface area contributed by atoms with Gasteiger partial charge in [-0.2, -0.15) is 0 Å². The summed E-state index contributed by atoms with van der Waals surface area (Å²) in [5.41, 5.74) is 9.09. The number of methoxy groups -OCH3 is 1. The third kappa shape index (κ3) is 9.13. The lowest BCUT2D eigenvalue weighted by molar-refractivity contribution is -0.432. The Morgan fingerprint density at radius 3 is 1.60 bits per heavy atom. The van der Waals surface area contributed by atoms with Crippen molar-refractivity contribution < 1.29 is 33.7 Å². The van der Waals surface area contributed by atoms with Gasteiger partial charge < -0.3 is 9.47 Å². The fraction of sp³-hybridized carbons (Fsp3) is 0.154. The molecule has 0 heterocycles. The molecular formula is C52H46O7S. The van der Waals surface area contributed by atoms with Gasteiger partial charge >= 0.3 is 0 Å². The summed E-state index contributed by atoms with van der Waals surface area (Å²) in [4.78, 5) is 27.6. The molecule has 0 amide bonds. The number of benzene rings is 7. The minimum atomic E-state index is -0.256. The van der Waals surface area contributed by atoms with Crippen LogP contribution in [0.5, 0.6) is 17.2 Å². The highest BCUT2D eigenvalue weighted by Crippen LogP contribution is 2.38. The van der Waals surface area contributed by atoms with Crippen molar-refractivity contribution in [1.29, 1.82) is 0 Å². The molecule has 0 unspecified atom stereocenters. The van der Waals surface area contributed by atoms with E-state index in [4.69, 9.17) is 14.7 Å². The molecule has 0 saturated carbocycles. The Morgan fingerprint density at radius 2 is 1.03 bits per heavy atom. The van der Waals surface area contributed by atoms with Crippen LogP contribution in [0.1, 0.15) is 87.4 Å². The van der Waals surface area contributed by atoms with Gasteiger partial charge in [0.05, 0.1) is 19.2 Å². The van der Waals surface area contributed by atoms with Crippen molar-refractivity contribution in [3.63, 3.8) is 0 Å². The second kappa shape index (κ2) is 17.9. The second-order valence-electron chi connectivity index (χ2n) is 15.7. The van der Waals surface area contributed by atoms with E-state index >= 15 is 0 Å². The molecule has 0 aliphatic heterocycles. The molecule has 1 N–H and O–H groups in total. The Hall–Kier alpha value is -6.29. The predicted octanol–water partition coefficient (Wildman–Crippen LogP) is 13.0. The van der Waals surface area contributed by atoms with E-state index in [1.807, 2.05) is 73.7 Å². The SMILES string of the molecule is COc1ccc(C(C)(C)c2cccc(C(C)(C)c3ccc(Oc4ccc(C(=O)c5ccc(-c6ccc(C)c(C(=O)c7cccc(SOOO)c7)c6)cc5)cc4)cc3)c2)cc1. The van der Waals surface area contributed by atoms with Crippen molar-refractivity contribution in [2.45, 2.75) is 50.3 Å². The summed E-state index contributed by atoms with van der Waals surface area (Å²) >= 11 is 0.795. The average Bonchev–Trinajstić information content (AvgIpc) is 3.28. The number of aryl methyl sites for hydroxylation is 1. The van der Waals surface area contributed by atoms with Gasteiger partial charge in [0.15, 0.2) is 11.6 Å². The van der Waals surface area contributed by atoms with Crippen LogP contribution in [0.4, 0.5) is 0 Å². The number of carbonyl (C=O) groups is 2. The summed E-state index contributed by atoms with van der Waals surface area (Å²) in [6.45, 7) is 10.9. The van der Waals surface area contributed by atoms with Crippen molar-refractivity contribution in [3.05, 3.63) is 214 Å². The lowest BCUT2D eigenvalue weighted by atomic mass is 9.73. The molecule has 0 fully saturated rings. The fourth-order valence-corrected chi connectivity index (χ4v) is 7.73. The van der Waals surface area contributed by atoms with Crippen LogP contribution in [0, 0.1) is 6.92 Å². The second-order valence-corrected chi connectivity index (χ2v) is 16.5. The third-order valence-electron chi connectivity index (χ3n) is 11.3. The number of hydrogen-bond acceptors (Lipinski definition) is 8. The molecule has 302 valence electrons. The van der Waals surface area contributed by atoms with E-state index in [9.17, 15) is 9.59 Å². The van der Waals surface area contributed by atoms with Gasteiger partial charge in [0.1, 0.15) is 17.2 Å². The molecule has 8 heteroatoms.